The lowest BCUT2D eigenvalue weighted by atomic mass is 10.2. The molecule has 0 aliphatic heterocycles. The largest absolute Gasteiger partial charge is 0.355 e. The third-order valence-corrected chi connectivity index (χ3v) is 2.57. The van der Waals surface area contributed by atoms with E-state index >= 15 is 0 Å². The number of hydrogen-bond donors (Lipinski definition) is 2. The Morgan fingerprint density at radius 3 is 2.31 bits per heavy atom. The zero-order valence-electron chi connectivity index (χ0n) is 10.2. The van der Waals surface area contributed by atoms with Crippen molar-refractivity contribution in [2.45, 2.75) is 33.1 Å². The average Bonchev–Trinajstić information content (AvgIpc) is 2.28. The monoisotopic (exact) mass is 246 g/mol. The molecular weight excluding hydrogens is 224 g/mol. The van der Waals surface area contributed by atoms with E-state index in [4.69, 9.17) is 0 Å². The second-order valence-corrected chi connectivity index (χ2v) is 3.94. The number of rotatable bonds is 8. The highest BCUT2D eigenvalue weighted by Crippen LogP contribution is 2.00. The summed E-state index contributed by atoms with van der Waals surface area (Å²) in [5, 5.41) is 2.72. The van der Waals surface area contributed by atoms with Crippen LogP contribution in [-0.2, 0) is 9.59 Å². The summed E-state index contributed by atoms with van der Waals surface area (Å²) in [6.07, 6.45) is 1.49. The Morgan fingerprint density at radius 1 is 1.19 bits per heavy atom. The van der Waals surface area contributed by atoms with Crippen LogP contribution in [0.3, 0.4) is 0 Å². The topological polar surface area (TPSA) is 49.4 Å². The lowest BCUT2D eigenvalue weighted by Crippen LogP contribution is -2.30. The Balaban J connectivity index is 3.64. The number of amides is 2. The number of nitrogens with zero attached hydrogens (tertiary/aromatic N) is 1. The fourth-order valence-electron chi connectivity index (χ4n) is 1.42. The van der Waals surface area contributed by atoms with Gasteiger partial charge in [-0.25, -0.2) is 0 Å². The van der Waals surface area contributed by atoms with E-state index < -0.39 is 0 Å². The lowest BCUT2D eigenvalue weighted by molar-refractivity contribution is -0.131. The van der Waals surface area contributed by atoms with Crippen molar-refractivity contribution in [1.29, 1.82) is 0 Å². The van der Waals surface area contributed by atoms with E-state index in [-0.39, 0.29) is 11.8 Å². The average molecular weight is 246 g/mol. The molecule has 4 nitrogen and oxygen atoms in total. The van der Waals surface area contributed by atoms with Gasteiger partial charge in [0.1, 0.15) is 0 Å². The first-order chi connectivity index (χ1) is 7.65. The van der Waals surface area contributed by atoms with Crippen molar-refractivity contribution >= 4 is 24.4 Å². The summed E-state index contributed by atoms with van der Waals surface area (Å²) in [7, 11) is 0. The van der Waals surface area contributed by atoms with Gasteiger partial charge >= 0.3 is 0 Å². The molecule has 0 aromatic rings. The maximum atomic E-state index is 11.6. The van der Waals surface area contributed by atoms with Gasteiger partial charge in [-0.1, -0.05) is 0 Å². The third-order valence-electron chi connectivity index (χ3n) is 2.34. The maximum Gasteiger partial charge on any atom is 0.222 e. The predicted molar refractivity (Wildman–Crippen MR) is 68.6 cm³/mol. The van der Waals surface area contributed by atoms with Crippen LogP contribution in [0.25, 0.3) is 0 Å². The molecule has 2 amide bonds. The van der Waals surface area contributed by atoms with Gasteiger partial charge in [0.2, 0.25) is 11.8 Å². The molecule has 94 valence electrons. The van der Waals surface area contributed by atoms with Gasteiger partial charge in [0, 0.05) is 38.2 Å². The van der Waals surface area contributed by atoms with E-state index in [2.05, 4.69) is 17.9 Å². The Hall–Kier alpha value is -0.710. The van der Waals surface area contributed by atoms with E-state index in [9.17, 15) is 9.59 Å². The highest BCUT2D eigenvalue weighted by atomic mass is 32.1. The molecule has 0 aliphatic rings. The molecule has 5 heteroatoms. The van der Waals surface area contributed by atoms with Crippen LogP contribution in [-0.4, -0.2) is 42.1 Å². The molecule has 0 bridgehead atoms. The molecule has 0 saturated heterocycles. The SMILES string of the molecule is CCN(CC)C(=O)CCCC(=O)NCCS. The number of nitrogens with one attached hydrogen (secondary N) is 1. The molecule has 0 aromatic carbocycles. The van der Waals surface area contributed by atoms with Gasteiger partial charge in [-0.3, -0.25) is 9.59 Å². The molecule has 0 aromatic heterocycles. The number of carbonyl (C=O) groups is 2. The minimum atomic E-state index is 0.00129. The van der Waals surface area contributed by atoms with E-state index in [1.807, 2.05) is 13.8 Å². The van der Waals surface area contributed by atoms with Gasteiger partial charge in [0.25, 0.3) is 0 Å². The summed E-state index contributed by atoms with van der Waals surface area (Å²) >= 11 is 4.00. The summed E-state index contributed by atoms with van der Waals surface area (Å²) in [6, 6.07) is 0. The second-order valence-electron chi connectivity index (χ2n) is 3.49. The summed E-state index contributed by atoms with van der Waals surface area (Å²) in [4.78, 5) is 24.6. The molecule has 16 heavy (non-hydrogen) atoms. The maximum absolute atomic E-state index is 11.6. The standard InChI is InChI=1S/C11H22N2O2S/c1-3-13(4-2)11(15)7-5-6-10(14)12-8-9-16/h16H,3-9H2,1-2H3,(H,12,14). The Morgan fingerprint density at radius 2 is 1.81 bits per heavy atom. The molecular formula is C11H22N2O2S. The van der Waals surface area contributed by atoms with Crippen molar-refractivity contribution < 1.29 is 9.59 Å². The molecule has 0 radical (unpaired) electrons. The normalized spacial score (nSPS) is 9.94. The Bertz CT molecular complexity index is 218. The first kappa shape index (κ1) is 15.3. The van der Waals surface area contributed by atoms with Gasteiger partial charge in [-0.05, 0) is 20.3 Å². The summed E-state index contributed by atoms with van der Waals surface area (Å²) in [5.74, 6) is 0.776. The molecule has 0 atom stereocenters. The third kappa shape index (κ3) is 6.71. The lowest BCUT2D eigenvalue weighted by Gasteiger charge is -2.18. The van der Waals surface area contributed by atoms with E-state index in [0.717, 1.165) is 13.1 Å². The predicted octanol–water partition coefficient (Wildman–Crippen LogP) is 1.07. The fraction of sp³-hybridized carbons (Fsp3) is 0.818. The van der Waals surface area contributed by atoms with Gasteiger partial charge in [-0.15, -0.1) is 0 Å². The molecule has 0 heterocycles. The van der Waals surface area contributed by atoms with Crippen molar-refractivity contribution in [1.82, 2.24) is 10.2 Å². The van der Waals surface area contributed by atoms with Gasteiger partial charge in [-0.2, -0.15) is 12.6 Å². The molecule has 0 aliphatic carbocycles. The molecule has 0 saturated carbocycles. The van der Waals surface area contributed by atoms with Crippen LogP contribution in [0.2, 0.25) is 0 Å². The first-order valence-electron chi connectivity index (χ1n) is 5.81. The van der Waals surface area contributed by atoms with E-state index in [0.29, 0.717) is 31.6 Å². The van der Waals surface area contributed by atoms with Crippen LogP contribution in [0.4, 0.5) is 0 Å². The zero-order valence-corrected chi connectivity index (χ0v) is 11.1. The van der Waals surface area contributed by atoms with Crippen molar-refractivity contribution in [2.24, 2.45) is 0 Å². The minimum absolute atomic E-state index is 0.00129. The second kappa shape index (κ2) is 9.51. The minimum Gasteiger partial charge on any atom is -0.355 e. The van der Waals surface area contributed by atoms with Crippen LogP contribution < -0.4 is 5.32 Å². The van der Waals surface area contributed by atoms with Crippen molar-refractivity contribution in [3.05, 3.63) is 0 Å². The van der Waals surface area contributed by atoms with Gasteiger partial charge < -0.3 is 10.2 Å². The zero-order chi connectivity index (χ0) is 12.4. The van der Waals surface area contributed by atoms with Gasteiger partial charge in [0.05, 0.1) is 0 Å². The van der Waals surface area contributed by atoms with E-state index in [1.165, 1.54) is 0 Å². The molecule has 0 rings (SSSR count). The first-order valence-corrected chi connectivity index (χ1v) is 6.44. The number of carbonyl (C=O) groups excluding carboxylic acids is 2. The smallest absolute Gasteiger partial charge is 0.222 e. The number of hydrogen-bond acceptors (Lipinski definition) is 3. The quantitative estimate of drug-likeness (QED) is 0.629. The van der Waals surface area contributed by atoms with Crippen molar-refractivity contribution in [2.75, 3.05) is 25.4 Å². The number of thiol groups is 1. The van der Waals surface area contributed by atoms with Crippen LogP contribution in [0.1, 0.15) is 33.1 Å². The van der Waals surface area contributed by atoms with Gasteiger partial charge in [0.15, 0.2) is 0 Å². The van der Waals surface area contributed by atoms with Crippen LogP contribution >= 0.6 is 12.6 Å². The van der Waals surface area contributed by atoms with Crippen LogP contribution in [0, 0.1) is 0 Å². The summed E-state index contributed by atoms with van der Waals surface area (Å²) < 4.78 is 0. The Labute approximate surface area is 103 Å². The highest BCUT2D eigenvalue weighted by molar-refractivity contribution is 7.80. The fourth-order valence-corrected chi connectivity index (χ4v) is 1.53. The van der Waals surface area contributed by atoms with Crippen LogP contribution in [0.5, 0.6) is 0 Å². The Kier molecular flexibility index (Phi) is 9.09. The molecule has 0 unspecified atom stereocenters. The molecule has 0 spiro atoms. The van der Waals surface area contributed by atoms with E-state index in [1.54, 1.807) is 4.90 Å². The van der Waals surface area contributed by atoms with Crippen molar-refractivity contribution in [3.8, 4) is 0 Å². The molecule has 1 N–H and O–H groups in total. The van der Waals surface area contributed by atoms with Crippen LogP contribution in [0.15, 0.2) is 0 Å². The highest BCUT2D eigenvalue weighted by Gasteiger charge is 2.09. The van der Waals surface area contributed by atoms with Crippen molar-refractivity contribution in [3.63, 3.8) is 0 Å². The summed E-state index contributed by atoms with van der Waals surface area (Å²) in [6.45, 7) is 5.98. The summed E-state index contributed by atoms with van der Waals surface area (Å²) in [5.41, 5.74) is 0. The molecule has 0 fully saturated rings.